The van der Waals surface area contributed by atoms with Gasteiger partial charge in [0.1, 0.15) is 5.56 Å². The van der Waals surface area contributed by atoms with E-state index >= 15 is 0 Å². The average molecular weight is 282 g/mol. The van der Waals surface area contributed by atoms with Gasteiger partial charge in [0.2, 0.25) is 0 Å². The second kappa shape index (κ2) is 4.90. The summed E-state index contributed by atoms with van der Waals surface area (Å²) in [4.78, 5) is 11.6. The van der Waals surface area contributed by atoms with Crippen LogP contribution in [0.1, 0.15) is 21.6 Å². The molecule has 0 aliphatic rings. The molecule has 0 radical (unpaired) electrons. The van der Waals surface area contributed by atoms with Crippen molar-refractivity contribution in [3.05, 3.63) is 59.5 Å². The number of nitrogens with zero attached hydrogens (tertiary/aromatic N) is 4. The molecule has 6 heteroatoms. The summed E-state index contributed by atoms with van der Waals surface area (Å²) in [6.45, 7) is 3.59. The lowest BCUT2D eigenvalue weighted by atomic mass is 10.2. The van der Waals surface area contributed by atoms with Crippen molar-refractivity contribution in [3.8, 4) is 11.5 Å². The zero-order valence-electron chi connectivity index (χ0n) is 11.7. The Balaban J connectivity index is 2.31. The highest BCUT2D eigenvalue weighted by molar-refractivity contribution is 5.92. The third-order valence-corrected chi connectivity index (χ3v) is 3.18. The van der Waals surface area contributed by atoms with Gasteiger partial charge in [0.25, 0.3) is 0 Å². The van der Waals surface area contributed by atoms with Gasteiger partial charge in [-0.1, -0.05) is 18.2 Å². The molecule has 3 aromatic rings. The molecule has 0 aliphatic heterocycles. The van der Waals surface area contributed by atoms with Crippen LogP contribution in [0, 0.1) is 13.8 Å². The minimum Gasteiger partial charge on any atom is -0.477 e. The summed E-state index contributed by atoms with van der Waals surface area (Å²) in [5.74, 6) is -0.586. The molecule has 1 aromatic carbocycles. The van der Waals surface area contributed by atoms with Gasteiger partial charge in [-0.05, 0) is 31.5 Å². The lowest BCUT2D eigenvalue weighted by Crippen LogP contribution is -2.10. The minimum atomic E-state index is -1.02. The summed E-state index contributed by atoms with van der Waals surface area (Å²) < 4.78 is 3.15. The fraction of sp³-hybridized carbons (Fsp3) is 0.133. The van der Waals surface area contributed by atoms with Crippen LogP contribution in [0.15, 0.2) is 42.7 Å². The second-order valence-corrected chi connectivity index (χ2v) is 4.80. The molecule has 0 fully saturated rings. The Morgan fingerprint density at radius 1 is 1.19 bits per heavy atom. The van der Waals surface area contributed by atoms with Crippen molar-refractivity contribution in [2.45, 2.75) is 13.8 Å². The number of aryl methyl sites for hydroxylation is 2. The molecular formula is C15H14N4O2. The van der Waals surface area contributed by atoms with Crippen LogP contribution >= 0.6 is 0 Å². The van der Waals surface area contributed by atoms with Crippen molar-refractivity contribution in [1.29, 1.82) is 0 Å². The van der Waals surface area contributed by atoms with Gasteiger partial charge in [-0.15, -0.1) is 0 Å². The summed E-state index contributed by atoms with van der Waals surface area (Å²) in [6.07, 6.45) is 3.46. The summed E-state index contributed by atoms with van der Waals surface area (Å²) in [6, 6.07) is 9.40. The van der Waals surface area contributed by atoms with E-state index < -0.39 is 5.97 Å². The van der Waals surface area contributed by atoms with Crippen LogP contribution < -0.4 is 0 Å². The van der Waals surface area contributed by atoms with Crippen molar-refractivity contribution in [2.24, 2.45) is 0 Å². The van der Waals surface area contributed by atoms with Crippen LogP contribution in [0.3, 0.4) is 0 Å². The predicted molar refractivity (Wildman–Crippen MR) is 77.1 cm³/mol. The van der Waals surface area contributed by atoms with E-state index in [2.05, 4.69) is 10.2 Å². The van der Waals surface area contributed by atoms with E-state index in [9.17, 15) is 9.90 Å². The Bertz CT molecular complexity index is 802. The molecule has 0 spiro atoms. The van der Waals surface area contributed by atoms with E-state index in [-0.39, 0.29) is 5.56 Å². The smallest absolute Gasteiger partial charge is 0.341 e. The predicted octanol–water partition coefficient (Wildman–Crippen LogP) is 2.37. The van der Waals surface area contributed by atoms with Crippen molar-refractivity contribution in [3.63, 3.8) is 0 Å². The van der Waals surface area contributed by atoms with Crippen molar-refractivity contribution in [1.82, 2.24) is 19.6 Å². The largest absolute Gasteiger partial charge is 0.477 e. The van der Waals surface area contributed by atoms with Crippen molar-refractivity contribution in [2.75, 3.05) is 0 Å². The minimum absolute atomic E-state index is 0.155. The van der Waals surface area contributed by atoms with E-state index in [1.54, 1.807) is 28.7 Å². The Morgan fingerprint density at radius 3 is 2.48 bits per heavy atom. The molecule has 0 bridgehead atoms. The number of rotatable bonds is 3. The Kier molecular flexibility index (Phi) is 3.06. The number of benzene rings is 1. The van der Waals surface area contributed by atoms with Crippen molar-refractivity contribution < 1.29 is 9.90 Å². The Hall–Kier alpha value is -2.89. The average Bonchev–Trinajstić information content (AvgIpc) is 3.03. The van der Waals surface area contributed by atoms with E-state index in [0.717, 1.165) is 11.3 Å². The van der Waals surface area contributed by atoms with Crippen LogP contribution in [0.4, 0.5) is 0 Å². The Morgan fingerprint density at radius 2 is 1.90 bits per heavy atom. The highest BCUT2D eigenvalue weighted by Gasteiger charge is 2.23. The van der Waals surface area contributed by atoms with Gasteiger partial charge in [-0.3, -0.25) is 0 Å². The van der Waals surface area contributed by atoms with Gasteiger partial charge >= 0.3 is 5.97 Å². The van der Waals surface area contributed by atoms with Gasteiger partial charge in [0, 0.05) is 6.20 Å². The van der Waals surface area contributed by atoms with E-state index in [0.29, 0.717) is 11.5 Å². The molecule has 0 saturated heterocycles. The number of carbonyl (C=O) groups is 1. The highest BCUT2D eigenvalue weighted by Crippen LogP contribution is 2.22. The van der Waals surface area contributed by atoms with E-state index in [4.69, 9.17) is 0 Å². The molecule has 0 saturated carbocycles. The van der Waals surface area contributed by atoms with Gasteiger partial charge in [-0.25, -0.2) is 14.2 Å². The molecule has 1 N–H and O–H groups in total. The lowest BCUT2D eigenvalue weighted by molar-refractivity contribution is 0.0696. The molecule has 3 rings (SSSR count). The van der Waals surface area contributed by atoms with E-state index in [1.165, 1.54) is 0 Å². The molecule has 106 valence electrons. The standard InChI is InChI=1S/C15H14N4O2/c1-10-8-16-18(9-10)14-13(15(20)21)11(2)17-19(14)12-6-4-3-5-7-12/h3-9H,1-2H3,(H,20,21). The first-order chi connectivity index (χ1) is 10.1. The first kappa shape index (κ1) is 13.1. The SMILES string of the molecule is Cc1cnn(-c2c(C(=O)O)c(C)nn2-c2ccccc2)c1. The van der Waals surface area contributed by atoms with Gasteiger partial charge in [0.15, 0.2) is 5.82 Å². The third kappa shape index (κ3) is 2.20. The molecule has 2 aromatic heterocycles. The maximum Gasteiger partial charge on any atom is 0.341 e. The number of hydrogen-bond acceptors (Lipinski definition) is 3. The summed E-state index contributed by atoms with van der Waals surface area (Å²) in [5, 5.41) is 18.1. The lowest BCUT2D eigenvalue weighted by Gasteiger charge is -2.08. The normalized spacial score (nSPS) is 10.8. The molecule has 21 heavy (non-hydrogen) atoms. The monoisotopic (exact) mass is 282 g/mol. The van der Waals surface area contributed by atoms with Gasteiger partial charge < -0.3 is 5.11 Å². The van der Waals surface area contributed by atoms with Gasteiger partial charge in [-0.2, -0.15) is 10.2 Å². The topological polar surface area (TPSA) is 72.9 Å². The molecule has 6 nitrogen and oxygen atoms in total. The maximum absolute atomic E-state index is 11.6. The molecule has 2 heterocycles. The molecule has 0 atom stereocenters. The quantitative estimate of drug-likeness (QED) is 0.800. The summed E-state index contributed by atoms with van der Waals surface area (Å²) in [7, 11) is 0. The Labute approximate surface area is 121 Å². The van der Waals surface area contributed by atoms with Crippen LogP contribution in [0.5, 0.6) is 0 Å². The molecule has 0 aliphatic carbocycles. The number of para-hydroxylation sites is 1. The number of carboxylic acid groups (broad SMARTS) is 1. The van der Waals surface area contributed by atoms with E-state index in [1.807, 2.05) is 37.3 Å². The van der Waals surface area contributed by atoms with Crippen LogP contribution in [-0.2, 0) is 0 Å². The fourth-order valence-corrected chi connectivity index (χ4v) is 2.25. The summed E-state index contributed by atoms with van der Waals surface area (Å²) >= 11 is 0. The fourth-order valence-electron chi connectivity index (χ4n) is 2.25. The first-order valence-electron chi connectivity index (χ1n) is 6.48. The van der Waals surface area contributed by atoms with Crippen molar-refractivity contribution >= 4 is 5.97 Å². The second-order valence-electron chi connectivity index (χ2n) is 4.80. The highest BCUT2D eigenvalue weighted by atomic mass is 16.4. The number of aromatic carboxylic acids is 1. The molecular weight excluding hydrogens is 268 g/mol. The summed E-state index contributed by atoms with van der Waals surface area (Å²) in [5.41, 5.74) is 2.34. The van der Waals surface area contributed by atoms with Crippen LogP contribution in [-0.4, -0.2) is 30.6 Å². The molecule has 0 unspecified atom stereocenters. The zero-order valence-corrected chi connectivity index (χ0v) is 11.7. The molecule has 0 amide bonds. The zero-order chi connectivity index (χ0) is 15.0. The van der Waals surface area contributed by atoms with Gasteiger partial charge in [0.05, 0.1) is 17.6 Å². The number of aromatic nitrogens is 4. The third-order valence-electron chi connectivity index (χ3n) is 3.18. The number of hydrogen-bond donors (Lipinski definition) is 1. The van der Waals surface area contributed by atoms with Crippen LogP contribution in [0.2, 0.25) is 0 Å². The van der Waals surface area contributed by atoms with Crippen LogP contribution in [0.25, 0.3) is 11.5 Å². The first-order valence-corrected chi connectivity index (χ1v) is 6.48. The maximum atomic E-state index is 11.6. The number of carboxylic acids is 1.